The summed E-state index contributed by atoms with van der Waals surface area (Å²) in [5.74, 6) is 0.841. The van der Waals surface area contributed by atoms with E-state index in [9.17, 15) is 8.42 Å². The first-order chi connectivity index (χ1) is 7.94. The maximum Gasteiger partial charge on any atom is 0.147 e. The molecule has 1 aliphatic heterocycles. The quantitative estimate of drug-likeness (QED) is 0.750. The molecule has 0 amide bonds. The van der Waals surface area contributed by atoms with Crippen molar-refractivity contribution in [3.63, 3.8) is 0 Å². The van der Waals surface area contributed by atoms with Crippen molar-refractivity contribution in [1.29, 1.82) is 0 Å². The normalized spacial score (nSPS) is 27.2. The van der Waals surface area contributed by atoms with Gasteiger partial charge in [-0.05, 0) is 31.7 Å². The Morgan fingerprint density at radius 1 is 1.47 bits per heavy atom. The van der Waals surface area contributed by atoms with Gasteiger partial charge in [0.15, 0.2) is 0 Å². The average Bonchev–Trinajstić information content (AvgIpc) is 2.61. The molecule has 0 spiro atoms. The summed E-state index contributed by atoms with van der Waals surface area (Å²) in [6.45, 7) is 6.01. The van der Waals surface area contributed by atoms with Crippen molar-refractivity contribution < 1.29 is 13.2 Å². The molecule has 1 aliphatic rings. The number of sulfone groups is 1. The van der Waals surface area contributed by atoms with Gasteiger partial charge in [0, 0.05) is 24.7 Å². The molecule has 0 saturated carbocycles. The molecule has 1 rings (SSSR count). The van der Waals surface area contributed by atoms with E-state index in [1.807, 2.05) is 0 Å². The minimum Gasteiger partial charge on any atom is -0.376 e. The highest BCUT2D eigenvalue weighted by Gasteiger charge is 2.31. The van der Waals surface area contributed by atoms with Crippen molar-refractivity contribution in [3.8, 4) is 0 Å². The molecule has 1 N–H and O–H groups in total. The highest BCUT2D eigenvalue weighted by atomic mass is 32.2. The predicted octanol–water partition coefficient (Wildman–Crippen LogP) is 1.21. The number of ether oxygens (including phenoxy) is 1. The standard InChI is InChI=1S/C12H25NO3S/c1-4-13-11(6-5-9-17(3,14)15)12-10(2)7-8-16-12/h10-13H,4-9H2,1-3H3. The van der Waals surface area contributed by atoms with Crippen LogP contribution in [0.4, 0.5) is 0 Å². The summed E-state index contributed by atoms with van der Waals surface area (Å²) >= 11 is 0. The summed E-state index contributed by atoms with van der Waals surface area (Å²) in [5.41, 5.74) is 0. The van der Waals surface area contributed by atoms with Gasteiger partial charge in [-0.25, -0.2) is 8.42 Å². The molecule has 3 atom stereocenters. The Bertz CT molecular complexity index is 316. The third-order valence-electron chi connectivity index (χ3n) is 3.34. The maximum atomic E-state index is 11.1. The lowest BCUT2D eigenvalue weighted by molar-refractivity contribution is 0.0586. The summed E-state index contributed by atoms with van der Waals surface area (Å²) in [7, 11) is -2.84. The SMILES string of the molecule is CCNC(CCCS(C)(=O)=O)C1OCCC1C. The number of hydrogen-bond donors (Lipinski definition) is 1. The number of likely N-dealkylation sites (N-methyl/N-ethyl adjacent to an activating group) is 1. The topological polar surface area (TPSA) is 55.4 Å². The van der Waals surface area contributed by atoms with Gasteiger partial charge >= 0.3 is 0 Å². The second-order valence-corrected chi connectivity index (χ2v) is 7.30. The Hall–Kier alpha value is -0.130. The summed E-state index contributed by atoms with van der Waals surface area (Å²) in [5, 5.41) is 3.42. The zero-order valence-electron chi connectivity index (χ0n) is 11.1. The van der Waals surface area contributed by atoms with Crippen LogP contribution in [0, 0.1) is 5.92 Å². The molecule has 0 aromatic rings. The fraction of sp³-hybridized carbons (Fsp3) is 1.00. The van der Waals surface area contributed by atoms with E-state index in [1.165, 1.54) is 6.26 Å². The van der Waals surface area contributed by atoms with Gasteiger partial charge in [0.1, 0.15) is 9.84 Å². The lowest BCUT2D eigenvalue weighted by Crippen LogP contribution is -2.42. The largest absolute Gasteiger partial charge is 0.376 e. The Morgan fingerprint density at radius 2 is 2.18 bits per heavy atom. The third kappa shape index (κ3) is 5.36. The number of hydrogen-bond acceptors (Lipinski definition) is 4. The fourth-order valence-electron chi connectivity index (χ4n) is 2.44. The van der Waals surface area contributed by atoms with Gasteiger partial charge in [0.2, 0.25) is 0 Å². The summed E-state index contributed by atoms with van der Waals surface area (Å²) in [6, 6.07) is 0.291. The number of nitrogens with one attached hydrogen (secondary N) is 1. The van der Waals surface area contributed by atoms with Gasteiger partial charge < -0.3 is 10.1 Å². The summed E-state index contributed by atoms with van der Waals surface area (Å²) < 4.78 is 28.0. The van der Waals surface area contributed by atoms with Gasteiger partial charge in [0.25, 0.3) is 0 Å². The Kier molecular flexibility index (Phi) is 5.89. The molecule has 0 bridgehead atoms. The van der Waals surface area contributed by atoms with Crippen molar-refractivity contribution in [1.82, 2.24) is 5.32 Å². The van der Waals surface area contributed by atoms with Crippen molar-refractivity contribution >= 4 is 9.84 Å². The molecule has 5 heteroatoms. The van der Waals surface area contributed by atoms with Crippen LogP contribution < -0.4 is 5.32 Å². The molecule has 0 aliphatic carbocycles. The Morgan fingerprint density at radius 3 is 2.65 bits per heavy atom. The van der Waals surface area contributed by atoms with Crippen molar-refractivity contribution in [2.45, 2.75) is 45.3 Å². The highest BCUT2D eigenvalue weighted by molar-refractivity contribution is 7.90. The van der Waals surface area contributed by atoms with E-state index in [1.54, 1.807) is 0 Å². The van der Waals surface area contributed by atoms with E-state index >= 15 is 0 Å². The summed E-state index contributed by atoms with van der Waals surface area (Å²) in [6.07, 6.45) is 4.23. The fourth-order valence-corrected chi connectivity index (χ4v) is 3.13. The zero-order valence-corrected chi connectivity index (χ0v) is 11.9. The zero-order chi connectivity index (χ0) is 12.9. The molecule has 1 fully saturated rings. The van der Waals surface area contributed by atoms with E-state index in [-0.39, 0.29) is 11.9 Å². The van der Waals surface area contributed by atoms with Gasteiger partial charge in [-0.15, -0.1) is 0 Å². The lowest BCUT2D eigenvalue weighted by Gasteiger charge is -2.26. The van der Waals surface area contributed by atoms with Gasteiger partial charge in [-0.3, -0.25) is 0 Å². The first kappa shape index (κ1) is 14.9. The van der Waals surface area contributed by atoms with Crippen LogP contribution in [0.15, 0.2) is 0 Å². The second-order valence-electron chi connectivity index (χ2n) is 5.04. The van der Waals surface area contributed by atoms with Crippen LogP contribution in [0.25, 0.3) is 0 Å². The van der Waals surface area contributed by atoms with Crippen molar-refractivity contribution in [3.05, 3.63) is 0 Å². The van der Waals surface area contributed by atoms with E-state index in [0.29, 0.717) is 18.4 Å². The molecule has 0 radical (unpaired) electrons. The van der Waals surface area contributed by atoms with Crippen molar-refractivity contribution in [2.24, 2.45) is 5.92 Å². The van der Waals surface area contributed by atoms with Crippen LogP contribution in [-0.4, -0.2) is 45.7 Å². The van der Waals surface area contributed by atoms with E-state index < -0.39 is 9.84 Å². The smallest absolute Gasteiger partial charge is 0.147 e. The molecule has 17 heavy (non-hydrogen) atoms. The second kappa shape index (κ2) is 6.71. The molecule has 3 unspecified atom stereocenters. The maximum absolute atomic E-state index is 11.1. The predicted molar refractivity (Wildman–Crippen MR) is 69.9 cm³/mol. The highest BCUT2D eigenvalue weighted by Crippen LogP contribution is 2.25. The Balaban J connectivity index is 2.43. The monoisotopic (exact) mass is 263 g/mol. The summed E-state index contributed by atoms with van der Waals surface area (Å²) in [4.78, 5) is 0. The van der Waals surface area contributed by atoms with Gasteiger partial charge in [-0.2, -0.15) is 0 Å². The van der Waals surface area contributed by atoms with Crippen LogP contribution in [0.2, 0.25) is 0 Å². The van der Waals surface area contributed by atoms with Crippen LogP contribution in [0.3, 0.4) is 0 Å². The van der Waals surface area contributed by atoms with E-state index in [0.717, 1.165) is 26.0 Å². The van der Waals surface area contributed by atoms with Crippen LogP contribution in [-0.2, 0) is 14.6 Å². The molecule has 0 aromatic carbocycles. The molecule has 1 heterocycles. The average molecular weight is 263 g/mol. The van der Waals surface area contributed by atoms with Crippen LogP contribution in [0.5, 0.6) is 0 Å². The molecular formula is C12H25NO3S. The van der Waals surface area contributed by atoms with Crippen LogP contribution >= 0.6 is 0 Å². The first-order valence-corrected chi connectivity index (χ1v) is 8.52. The van der Waals surface area contributed by atoms with Gasteiger partial charge in [-0.1, -0.05) is 13.8 Å². The Labute approximate surface area is 105 Å². The molecule has 0 aromatic heterocycles. The lowest BCUT2D eigenvalue weighted by atomic mass is 9.95. The van der Waals surface area contributed by atoms with Crippen LogP contribution in [0.1, 0.15) is 33.1 Å². The molecular weight excluding hydrogens is 238 g/mol. The molecule has 1 saturated heterocycles. The molecule has 4 nitrogen and oxygen atoms in total. The van der Waals surface area contributed by atoms with E-state index in [2.05, 4.69) is 19.2 Å². The van der Waals surface area contributed by atoms with Crippen molar-refractivity contribution in [2.75, 3.05) is 25.2 Å². The minimum absolute atomic E-state index is 0.245. The van der Waals surface area contributed by atoms with E-state index in [4.69, 9.17) is 4.74 Å². The molecule has 102 valence electrons. The number of rotatable bonds is 7. The minimum atomic E-state index is -2.84. The first-order valence-electron chi connectivity index (χ1n) is 6.46. The third-order valence-corrected chi connectivity index (χ3v) is 4.37. The van der Waals surface area contributed by atoms with Gasteiger partial charge in [0.05, 0.1) is 6.10 Å².